The second kappa shape index (κ2) is 7.46. The van der Waals surface area contributed by atoms with Crippen molar-refractivity contribution >= 4 is 23.9 Å². The predicted molar refractivity (Wildman–Crippen MR) is 86.3 cm³/mol. The quantitative estimate of drug-likeness (QED) is 0.565. The summed E-state index contributed by atoms with van der Waals surface area (Å²) in [5.41, 5.74) is -1.39. The molecule has 1 N–H and O–H groups in total. The minimum atomic E-state index is -2.16. The van der Waals surface area contributed by atoms with Gasteiger partial charge in [-0.2, -0.15) is 5.06 Å². The molecule has 27 heavy (non-hydrogen) atoms. The summed E-state index contributed by atoms with van der Waals surface area (Å²) in [5.74, 6) is -2.66. The first kappa shape index (κ1) is 18.4. The lowest BCUT2D eigenvalue weighted by Crippen LogP contribution is -2.56. The Morgan fingerprint density at radius 3 is 2.67 bits per heavy atom. The Morgan fingerprint density at radius 1 is 1.30 bits per heavy atom. The van der Waals surface area contributed by atoms with Crippen molar-refractivity contribution in [3.8, 4) is 0 Å². The van der Waals surface area contributed by atoms with Gasteiger partial charge in [0.15, 0.2) is 0 Å². The van der Waals surface area contributed by atoms with Gasteiger partial charge in [-0.3, -0.25) is 9.63 Å². The zero-order valence-corrected chi connectivity index (χ0v) is 14.2. The standard InChI is InChI=1S/C17H16N2O8/c1-24-15(22)17(8-7-13(20)27-17)19-14(21)12(10-26-19)18-16(23)25-9-11-5-3-2-4-6-11/h2-8,12H,9-10H2,1H3,(H,18,23)/t12-,17?/m1/s1. The van der Waals surface area contributed by atoms with Gasteiger partial charge in [0, 0.05) is 12.2 Å². The molecule has 2 heterocycles. The van der Waals surface area contributed by atoms with Crippen LogP contribution in [0.2, 0.25) is 0 Å². The zero-order valence-electron chi connectivity index (χ0n) is 14.2. The lowest BCUT2D eigenvalue weighted by Gasteiger charge is -2.30. The van der Waals surface area contributed by atoms with Gasteiger partial charge in [-0.1, -0.05) is 30.3 Å². The highest BCUT2D eigenvalue weighted by Gasteiger charge is 2.57. The maximum Gasteiger partial charge on any atom is 0.408 e. The van der Waals surface area contributed by atoms with Crippen molar-refractivity contribution in [3.05, 3.63) is 48.0 Å². The number of benzene rings is 1. The molecule has 2 aliphatic rings. The molecule has 2 atom stereocenters. The number of hydrogen-bond acceptors (Lipinski definition) is 8. The molecule has 10 nitrogen and oxygen atoms in total. The van der Waals surface area contributed by atoms with E-state index in [1.165, 1.54) is 0 Å². The van der Waals surface area contributed by atoms with Crippen LogP contribution >= 0.6 is 0 Å². The van der Waals surface area contributed by atoms with Gasteiger partial charge in [-0.25, -0.2) is 14.4 Å². The van der Waals surface area contributed by atoms with Crippen LogP contribution in [0, 0.1) is 0 Å². The molecule has 1 aromatic carbocycles. The molecular weight excluding hydrogens is 360 g/mol. The molecule has 142 valence electrons. The van der Waals surface area contributed by atoms with Crippen LogP contribution in [0.4, 0.5) is 4.79 Å². The van der Waals surface area contributed by atoms with Gasteiger partial charge in [0.1, 0.15) is 19.3 Å². The first-order valence-corrected chi connectivity index (χ1v) is 7.91. The number of alkyl carbamates (subject to hydrolysis) is 1. The second-order valence-corrected chi connectivity index (χ2v) is 5.63. The predicted octanol–water partition coefficient (Wildman–Crippen LogP) is 0.0375. The summed E-state index contributed by atoms with van der Waals surface area (Å²) >= 11 is 0. The van der Waals surface area contributed by atoms with Crippen LogP contribution < -0.4 is 5.32 Å². The maximum absolute atomic E-state index is 12.5. The van der Waals surface area contributed by atoms with Crippen LogP contribution in [-0.2, 0) is 40.0 Å². The number of carbonyl (C=O) groups is 4. The molecule has 0 spiro atoms. The molecule has 2 amide bonds. The molecular formula is C17H16N2O8. The Labute approximate surface area is 153 Å². The number of rotatable bonds is 5. The Bertz CT molecular complexity index is 793. The first-order valence-electron chi connectivity index (χ1n) is 7.91. The average molecular weight is 376 g/mol. The van der Waals surface area contributed by atoms with E-state index in [-0.39, 0.29) is 13.2 Å². The summed E-state index contributed by atoms with van der Waals surface area (Å²) in [5, 5.41) is 2.92. The van der Waals surface area contributed by atoms with Crippen molar-refractivity contribution in [1.82, 2.24) is 10.4 Å². The van der Waals surface area contributed by atoms with Crippen molar-refractivity contribution in [3.63, 3.8) is 0 Å². The van der Waals surface area contributed by atoms with Gasteiger partial charge < -0.3 is 19.5 Å². The van der Waals surface area contributed by atoms with Crippen molar-refractivity contribution in [2.24, 2.45) is 0 Å². The topological polar surface area (TPSA) is 120 Å². The van der Waals surface area contributed by atoms with E-state index in [9.17, 15) is 19.2 Å². The largest absolute Gasteiger partial charge is 0.464 e. The molecule has 10 heteroatoms. The van der Waals surface area contributed by atoms with Crippen LogP contribution in [0.5, 0.6) is 0 Å². The highest BCUT2D eigenvalue weighted by atomic mass is 16.8. The molecule has 1 aromatic rings. The van der Waals surface area contributed by atoms with Crippen LogP contribution in [0.25, 0.3) is 0 Å². The van der Waals surface area contributed by atoms with Gasteiger partial charge in [-0.15, -0.1) is 0 Å². The van der Waals surface area contributed by atoms with Crippen molar-refractivity contribution in [1.29, 1.82) is 0 Å². The highest BCUT2D eigenvalue weighted by Crippen LogP contribution is 2.30. The summed E-state index contributed by atoms with van der Waals surface area (Å²) in [6.07, 6.45) is 1.19. The van der Waals surface area contributed by atoms with E-state index in [0.29, 0.717) is 5.06 Å². The minimum absolute atomic E-state index is 0.0185. The SMILES string of the molecule is COC(=O)C1(N2OC[C@@H](NC(=O)OCc3ccccc3)C2=O)C=CC(=O)O1. The average Bonchev–Trinajstić information content (AvgIpc) is 3.24. The maximum atomic E-state index is 12.5. The van der Waals surface area contributed by atoms with E-state index in [1.54, 1.807) is 24.3 Å². The normalized spacial score (nSPS) is 23.9. The third-order valence-corrected chi connectivity index (χ3v) is 3.85. The van der Waals surface area contributed by atoms with E-state index < -0.39 is 35.7 Å². The molecule has 0 saturated carbocycles. The Hall–Kier alpha value is -3.40. The van der Waals surface area contributed by atoms with Gasteiger partial charge in [0.25, 0.3) is 5.91 Å². The van der Waals surface area contributed by atoms with E-state index in [4.69, 9.17) is 14.3 Å². The number of esters is 2. The van der Waals surface area contributed by atoms with Gasteiger partial charge in [0.2, 0.25) is 0 Å². The zero-order chi connectivity index (χ0) is 19.4. The lowest BCUT2D eigenvalue weighted by atomic mass is 10.2. The number of ether oxygens (including phenoxy) is 3. The van der Waals surface area contributed by atoms with Crippen LogP contribution in [-0.4, -0.2) is 54.5 Å². The molecule has 0 aliphatic carbocycles. The molecule has 1 unspecified atom stereocenters. The number of nitrogens with one attached hydrogen (secondary N) is 1. The smallest absolute Gasteiger partial charge is 0.408 e. The van der Waals surface area contributed by atoms with Crippen molar-refractivity contribution in [2.45, 2.75) is 18.4 Å². The summed E-state index contributed by atoms with van der Waals surface area (Å²) in [4.78, 5) is 53.1. The monoisotopic (exact) mass is 376 g/mol. The van der Waals surface area contributed by atoms with Gasteiger partial charge in [0.05, 0.1) is 7.11 Å². The van der Waals surface area contributed by atoms with Gasteiger partial charge >= 0.3 is 23.8 Å². The van der Waals surface area contributed by atoms with E-state index in [2.05, 4.69) is 10.1 Å². The summed E-state index contributed by atoms with van der Waals surface area (Å²) in [6, 6.07) is 7.85. The molecule has 1 saturated heterocycles. The molecule has 2 aliphatic heterocycles. The Balaban J connectivity index is 1.62. The lowest BCUT2D eigenvalue weighted by molar-refractivity contribution is -0.247. The van der Waals surface area contributed by atoms with E-state index >= 15 is 0 Å². The fourth-order valence-corrected chi connectivity index (χ4v) is 2.55. The second-order valence-electron chi connectivity index (χ2n) is 5.63. The minimum Gasteiger partial charge on any atom is -0.464 e. The fourth-order valence-electron chi connectivity index (χ4n) is 2.55. The number of nitrogens with zero attached hydrogens (tertiary/aromatic N) is 1. The van der Waals surface area contributed by atoms with Crippen LogP contribution in [0.3, 0.4) is 0 Å². The fraction of sp³-hybridized carbons (Fsp3) is 0.294. The first-order chi connectivity index (χ1) is 13.0. The number of carbonyl (C=O) groups excluding carboxylic acids is 4. The number of hydroxylamine groups is 2. The van der Waals surface area contributed by atoms with Crippen molar-refractivity contribution < 1.29 is 38.2 Å². The molecule has 0 bridgehead atoms. The molecule has 0 radical (unpaired) electrons. The van der Waals surface area contributed by atoms with E-state index in [0.717, 1.165) is 24.8 Å². The van der Waals surface area contributed by atoms with E-state index in [1.807, 2.05) is 6.07 Å². The Kier molecular flexibility index (Phi) is 5.08. The third-order valence-electron chi connectivity index (χ3n) is 3.85. The third kappa shape index (κ3) is 3.60. The molecule has 3 rings (SSSR count). The Morgan fingerprint density at radius 2 is 2.04 bits per heavy atom. The number of cyclic esters (lactones) is 1. The number of methoxy groups -OCH3 is 1. The summed E-state index contributed by atoms with van der Waals surface area (Å²) < 4.78 is 14.6. The van der Waals surface area contributed by atoms with Crippen molar-refractivity contribution in [2.75, 3.05) is 13.7 Å². The molecule has 1 fully saturated rings. The summed E-state index contributed by atoms with van der Waals surface area (Å²) in [7, 11) is 1.07. The molecule has 0 aromatic heterocycles. The number of amides is 2. The summed E-state index contributed by atoms with van der Waals surface area (Å²) in [6.45, 7) is -0.256. The highest BCUT2D eigenvalue weighted by molar-refractivity contribution is 5.98. The van der Waals surface area contributed by atoms with Crippen LogP contribution in [0.1, 0.15) is 5.56 Å². The number of hydrogen-bond donors (Lipinski definition) is 1. The van der Waals surface area contributed by atoms with Gasteiger partial charge in [-0.05, 0) is 5.56 Å². The van der Waals surface area contributed by atoms with Crippen LogP contribution in [0.15, 0.2) is 42.5 Å².